The Morgan fingerprint density at radius 2 is 2.05 bits per heavy atom. The molecule has 104 valence electrons. The van der Waals surface area contributed by atoms with Crippen LogP contribution in [0, 0.1) is 0 Å². The number of esters is 1. The Morgan fingerprint density at radius 3 is 2.58 bits per heavy atom. The highest BCUT2D eigenvalue weighted by atomic mass is 32.1. The summed E-state index contributed by atoms with van der Waals surface area (Å²) in [7, 11) is 1.85. The number of rotatable bonds is 6. The van der Waals surface area contributed by atoms with E-state index >= 15 is 0 Å². The van der Waals surface area contributed by atoms with Gasteiger partial charge in [-0.15, -0.1) is 0 Å². The molecule has 0 spiro atoms. The summed E-state index contributed by atoms with van der Waals surface area (Å²) in [6.07, 6.45) is 0.654. The molecule has 0 aromatic heterocycles. The van der Waals surface area contributed by atoms with Crippen molar-refractivity contribution in [3.63, 3.8) is 0 Å². The average Bonchev–Trinajstić information content (AvgIpc) is 2.39. The average molecular weight is 280 g/mol. The van der Waals surface area contributed by atoms with E-state index in [4.69, 9.17) is 22.7 Å². The predicted octanol–water partition coefficient (Wildman–Crippen LogP) is 2.10. The Kier molecular flexibility index (Phi) is 5.76. The van der Waals surface area contributed by atoms with E-state index < -0.39 is 0 Å². The molecule has 19 heavy (non-hydrogen) atoms. The molecule has 0 saturated heterocycles. The molecule has 5 heteroatoms. The summed E-state index contributed by atoms with van der Waals surface area (Å²) in [6, 6.07) is 7.18. The van der Waals surface area contributed by atoms with Crippen molar-refractivity contribution in [3.05, 3.63) is 29.8 Å². The van der Waals surface area contributed by atoms with Crippen LogP contribution in [0.4, 0.5) is 5.69 Å². The molecule has 0 aliphatic rings. The summed E-state index contributed by atoms with van der Waals surface area (Å²) < 4.78 is 5.09. The Bertz CT molecular complexity index is 463. The molecule has 0 saturated carbocycles. The van der Waals surface area contributed by atoms with E-state index in [-0.39, 0.29) is 12.0 Å². The van der Waals surface area contributed by atoms with Crippen LogP contribution >= 0.6 is 12.2 Å². The van der Waals surface area contributed by atoms with Crippen LogP contribution in [-0.2, 0) is 9.53 Å². The fourth-order valence-electron chi connectivity index (χ4n) is 1.99. The number of hydrogen-bond acceptors (Lipinski definition) is 4. The second kappa shape index (κ2) is 7.09. The van der Waals surface area contributed by atoms with Gasteiger partial charge in [-0.2, -0.15) is 0 Å². The largest absolute Gasteiger partial charge is 0.464 e. The van der Waals surface area contributed by atoms with E-state index in [1.807, 2.05) is 43.1 Å². The van der Waals surface area contributed by atoms with Gasteiger partial charge in [-0.3, -0.25) is 0 Å². The highest BCUT2D eigenvalue weighted by Gasteiger charge is 2.24. The first kappa shape index (κ1) is 15.4. The number of carbonyl (C=O) groups is 1. The Balaban J connectivity index is 3.07. The third-order valence-corrected chi connectivity index (χ3v) is 3.18. The van der Waals surface area contributed by atoms with Crippen LogP contribution < -0.4 is 10.6 Å². The predicted molar refractivity (Wildman–Crippen MR) is 81.4 cm³/mol. The van der Waals surface area contributed by atoms with Crippen molar-refractivity contribution in [1.82, 2.24) is 0 Å². The lowest BCUT2D eigenvalue weighted by atomic mass is 10.1. The molecule has 0 amide bonds. The minimum Gasteiger partial charge on any atom is -0.464 e. The standard InChI is InChI=1S/C14H20N2O2S/c1-4-11(14(17)18-5-2)16(3)12-9-7-6-8-10(12)13(15)19/h6-9,11H,4-5H2,1-3H3,(H2,15,19). The number of carbonyl (C=O) groups excluding carboxylic acids is 1. The van der Waals surface area contributed by atoms with Crippen LogP contribution in [0.2, 0.25) is 0 Å². The molecule has 1 atom stereocenters. The number of nitrogens with two attached hydrogens (primary N) is 1. The van der Waals surface area contributed by atoms with E-state index in [2.05, 4.69) is 0 Å². The van der Waals surface area contributed by atoms with Crippen molar-refractivity contribution in [2.24, 2.45) is 5.73 Å². The van der Waals surface area contributed by atoms with Crippen molar-refractivity contribution < 1.29 is 9.53 Å². The Hall–Kier alpha value is -1.62. The van der Waals surface area contributed by atoms with Gasteiger partial charge in [0.05, 0.1) is 6.61 Å². The van der Waals surface area contributed by atoms with Crippen molar-refractivity contribution >= 4 is 28.9 Å². The number of benzene rings is 1. The summed E-state index contributed by atoms with van der Waals surface area (Å²) in [5.74, 6) is -0.231. The molecule has 0 fully saturated rings. The zero-order valence-corrected chi connectivity index (χ0v) is 12.4. The highest BCUT2D eigenvalue weighted by Crippen LogP contribution is 2.22. The molecule has 0 radical (unpaired) electrons. The number of para-hydroxylation sites is 1. The molecule has 0 heterocycles. The molecule has 2 N–H and O–H groups in total. The van der Waals surface area contributed by atoms with E-state index in [1.54, 1.807) is 6.92 Å². The van der Waals surface area contributed by atoms with Gasteiger partial charge in [0.2, 0.25) is 0 Å². The van der Waals surface area contributed by atoms with Gasteiger partial charge in [-0.1, -0.05) is 31.3 Å². The van der Waals surface area contributed by atoms with Gasteiger partial charge in [-0.25, -0.2) is 4.79 Å². The minimum absolute atomic E-state index is 0.231. The molecule has 1 aromatic carbocycles. The summed E-state index contributed by atoms with van der Waals surface area (Å²) in [5.41, 5.74) is 7.33. The maximum Gasteiger partial charge on any atom is 0.328 e. The van der Waals surface area contributed by atoms with Crippen LogP contribution in [0.25, 0.3) is 0 Å². The topological polar surface area (TPSA) is 55.6 Å². The van der Waals surface area contributed by atoms with E-state index in [0.717, 1.165) is 11.3 Å². The van der Waals surface area contributed by atoms with Gasteiger partial charge in [0, 0.05) is 18.3 Å². The lowest BCUT2D eigenvalue weighted by Gasteiger charge is -2.29. The molecular weight excluding hydrogens is 260 g/mol. The van der Waals surface area contributed by atoms with Gasteiger partial charge in [-0.05, 0) is 25.5 Å². The molecule has 0 bridgehead atoms. The summed E-state index contributed by atoms with van der Waals surface area (Å²) in [5, 5.41) is 0. The first-order valence-electron chi connectivity index (χ1n) is 6.31. The Labute approximate surface area is 119 Å². The zero-order chi connectivity index (χ0) is 14.4. The van der Waals surface area contributed by atoms with Gasteiger partial charge >= 0.3 is 5.97 Å². The van der Waals surface area contributed by atoms with Gasteiger partial charge < -0.3 is 15.4 Å². The van der Waals surface area contributed by atoms with Crippen LogP contribution in [0.15, 0.2) is 24.3 Å². The van der Waals surface area contributed by atoms with Crippen LogP contribution in [-0.4, -0.2) is 30.7 Å². The zero-order valence-electron chi connectivity index (χ0n) is 11.6. The maximum atomic E-state index is 11.9. The molecule has 1 unspecified atom stereocenters. The van der Waals surface area contributed by atoms with Crippen LogP contribution in [0.5, 0.6) is 0 Å². The lowest BCUT2D eigenvalue weighted by Crippen LogP contribution is -2.40. The molecule has 0 aliphatic heterocycles. The van der Waals surface area contributed by atoms with Crippen molar-refractivity contribution in [2.45, 2.75) is 26.3 Å². The summed E-state index contributed by atoms with van der Waals surface area (Å²) in [4.78, 5) is 14.1. The van der Waals surface area contributed by atoms with Gasteiger partial charge in [0.1, 0.15) is 11.0 Å². The normalized spacial score (nSPS) is 11.7. The Morgan fingerprint density at radius 1 is 1.42 bits per heavy atom. The number of ether oxygens (including phenoxy) is 1. The van der Waals surface area contributed by atoms with Crippen molar-refractivity contribution in [1.29, 1.82) is 0 Å². The number of hydrogen-bond donors (Lipinski definition) is 1. The monoisotopic (exact) mass is 280 g/mol. The fraction of sp³-hybridized carbons (Fsp3) is 0.429. The smallest absolute Gasteiger partial charge is 0.328 e. The summed E-state index contributed by atoms with van der Waals surface area (Å²) >= 11 is 5.04. The first-order chi connectivity index (χ1) is 9.02. The van der Waals surface area contributed by atoms with E-state index in [0.29, 0.717) is 18.0 Å². The van der Waals surface area contributed by atoms with Crippen molar-refractivity contribution in [3.8, 4) is 0 Å². The third kappa shape index (κ3) is 3.67. The van der Waals surface area contributed by atoms with E-state index in [9.17, 15) is 4.79 Å². The molecular formula is C14H20N2O2S. The maximum absolute atomic E-state index is 11.9. The minimum atomic E-state index is -0.338. The second-order valence-electron chi connectivity index (χ2n) is 4.17. The van der Waals surface area contributed by atoms with Crippen molar-refractivity contribution in [2.75, 3.05) is 18.6 Å². The first-order valence-corrected chi connectivity index (χ1v) is 6.72. The molecule has 1 aromatic rings. The lowest BCUT2D eigenvalue weighted by molar-refractivity contribution is -0.144. The van der Waals surface area contributed by atoms with Gasteiger partial charge in [0.25, 0.3) is 0 Å². The van der Waals surface area contributed by atoms with Crippen LogP contribution in [0.1, 0.15) is 25.8 Å². The fourth-order valence-corrected chi connectivity index (χ4v) is 2.17. The number of likely N-dealkylation sites (N-methyl/N-ethyl adjacent to an activating group) is 1. The molecule has 0 aliphatic carbocycles. The quantitative estimate of drug-likeness (QED) is 0.639. The number of anilines is 1. The molecule has 4 nitrogen and oxygen atoms in total. The second-order valence-corrected chi connectivity index (χ2v) is 4.61. The number of nitrogens with zero attached hydrogens (tertiary/aromatic N) is 1. The third-order valence-electron chi connectivity index (χ3n) is 2.96. The SMILES string of the molecule is CCOC(=O)C(CC)N(C)c1ccccc1C(N)=S. The highest BCUT2D eigenvalue weighted by molar-refractivity contribution is 7.80. The summed E-state index contributed by atoms with van der Waals surface area (Å²) in [6.45, 7) is 4.12. The van der Waals surface area contributed by atoms with Gasteiger partial charge in [0.15, 0.2) is 0 Å². The van der Waals surface area contributed by atoms with Crippen LogP contribution in [0.3, 0.4) is 0 Å². The molecule has 1 rings (SSSR count). The number of thiocarbonyl (C=S) groups is 1. The van der Waals surface area contributed by atoms with E-state index in [1.165, 1.54) is 0 Å².